The second-order valence-corrected chi connectivity index (χ2v) is 4.34. The van der Waals surface area contributed by atoms with E-state index in [2.05, 4.69) is 0 Å². The van der Waals surface area contributed by atoms with E-state index in [1.807, 2.05) is 24.3 Å². The molecule has 0 amide bonds. The second-order valence-electron chi connectivity index (χ2n) is 4.34. The van der Waals surface area contributed by atoms with Crippen molar-refractivity contribution in [1.29, 1.82) is 0 Å². The van der Waals surface area contributed by atoms with Crippen LogP contribution in [-0.2, 0) is 0 Å². The van der Waals surface area contributed by atoms with Crippen LogP contribution < -0.4 is 5.73 Å². The fourth-order valence-electron chi connectivity index (χ4n) is 2.03. The number of nitrogens with two attached hydrogens (primary N) is 1. The molecule has 96 valence electrons. The van der Waals surface area contributed by atoms with Crippen molar-refractivity contribution >= 4 is 11.0 Å². The molecule has 1 aromatic heterocycles. The smallest absolute Gasteiger partial charge is 0.159 e. The van der Waals surface area contributed by atoms with Gasteiger partial charge in [-0.15, -0.1) is 0 Å². The lowest BCUT2D eigenvalue weighted by atomic mass is 10.0. The Morgan fingerprint density at radius 3 is 2.47 bits per heavy atom. The van der Waals surface area contributed by atoms with Crippen molar-refractivity contribution in [1.82, 2.24) is 0 Å². The number of halogens is 2. The number of rotatable bonds is 2. The van der Waals surface area contributed by atoms with Gasteiger partial charge in [-0.1, -0.05) is 24.3 Å². The van der Waals surface area contributed by atoms with Crippen molar-refractivity contribution in [3.63, 3.8) is 0 Å². The zero-order valence-electron chi connectivity index (χ0n) is 9.94. The minimum atomic E-state index is -0.913. The molecule has 1 unspecified atom stereocenters. The van der Waals surface area contributed by atoms with Gasteiger partial charge in [-0.25, -0.2) is 8.78 Å². The lowest BCUT2D eigenvalue weighted by molar-refractivity contribution is 0.499. The summed E-state index contributed by atoms with van der Waals surface area (Å²) in [7, 11) is 0. The second kappa shape index (κ2) is 4.48. The van der Waals surface area contributed by atoms with Crippen LogP contribution >= 0.6 is 0 Å². The van der Waals surface area contributed by atoms with Crippen molar-refractivity contribution in [2.75, 3.05) is 0 Å². The van der Waals surface area contributed by atoms with E-state index in [4.69, 9.17) is 10.2 Å². The van der Waals surface area contributed by atoms with Gasteiger partial charge in [0.2, 0.25) is 0 Å². The normalized spacial score (nSPS) is 12.8. The van der Waals surface area contributed by atoms with Gasteiger partial charge in [-0.3, -0.25) is 0 Å². The average Bonchev–Trinajstić information content (AvgIpc) is 2.85. The molecule has 0 fully saturated rings. The standard InChI is InChI=1S/C15H11F2NO/c16-11-6-5-10(7-12(11)17)15(18)14-8-9-3-1-2-4-13(9)19-14/h1-8,15H,18H2. The third-order valence-electron chi connectivity index (χ3n) is 3.05. The molecule has 2 aromatic carbocycles. The van der Waals surface area contributed by atoms with Gasteiger partial charge in [0.15, 0.2) is 11.6 Å². The van der Waals surface area contributed by atoms with E-state index in [0.29, 0.717) is 11.3 Å². The molecule has 0 aliphatic heterocycles. The van der Waals surface area contributed by atoms with Crippen LogP contribution in [0.2, 0.25) is 0 Å². The third-order valence-corrected chi connectivity index (χ3v) is 3.05. The molecule has 0 saturated carbocycles. The summed E-state index contributed by atoms with van der Waals surface area (Å²) in [6, 6.07) is 12.3. The third kappa shape index (κ3) is 2.11. The SMILES string of the molecule is NC(c1ccc(F)c(F)c1)c1cc2ccccc2o1. The Hall–Kier alpha value is -2.20. The molecule has 1 heterocycles. The maximum Gasteiger partial charge on any atom is 0.159 e. The minimum Gasteiger partial charge on any atom is -0.459 e. The topological polar surface area (TPSA) is 39.2 Å². The zero-order chi connectivity index (χ0) is 13.4. The molecule has 1 atom stereocenters. The molecule has 0 spiro atoms. The number of furan rings is 1. The number of fused-ring (bicyclic) bond motifs is 1. The van der Waals surface area contributed by atoms with E-state index in [1.165, 1.54) is 6.07 Å². The highest BCUT2D eigenvalue weighted by atomic mass is 19.2. The molecule has 3 rings (SSSR count). The lowest BCUT2D eigenvalue weighted by Gasteiger charge is -2.09. The lowest BCUT2D eigenvalue weighted by Crippen LogP contribution is -2.11. The van der Waals surface area contributed by atoms with Crippen molar-refractivity contribution < 1.29 is 13.2 Å². The number of hydrogen-bond acceptors (Lipinski definition) is 2. The number of para-hydroxylation sites is 1. The Labute approximate surface area is 108 Å². The molecule has 0 aliphatic carbocycles. The van der Waals surface area contributed by atoms with Gasteiger partial charge in [0.1, 0.15) is 11.3 Å². The predicted octanol–water partition coefficient (Wildman–Crippen LogP) is 3.76. The van der Waals surface area contributed by atoms with E-state index in [0.717, 1.165) is 23.1 Å². The molecule has 4 heteroatoms. The monoisotopic (exact) mass is 259 g/mol. The van der Waals surface area contributed by atoms with Crippen LogP contribution in [0.3, 0.4) is 0 Å². The molecule has 2 nitrogen and oxygen atoms in total. The predicted molar refractivity (Wildman–Crippen MR) is 68.6 cm³/mol. The highest BCUT2D eigenvalue weighted by Crippen LogP contribution is 2.27. The summed E-state index contributed by atoms with van der Waals surface area (Å²) < 4.78 is 31.7. The summed E-state index contributed by atoms with van der Waals surface area (Å²) in [6.07, 6.45) is 0. The quantitative estimate of drug-likeness (QED) is 0.761. The van der Waals surface area contributed by atoms with Crippen LogP contribution in [0.1, 0.15) is 17.4 Å². The highest BCUT2D eigenvalue weighted by molar-refractivity contribution is 5.77. The molecule has 0 saturated heterocycles. The highest BCUT2D eigenvalue weighted by Gasteiger charge is 2.15. The van der Waals surface area contributed by atoms with Crippen molar-refractivity contribution in [3.8, 4) is 0 Å². The summed E-state index contributed by atoms with van der Waals surface area (Å²) in [6.45, 7) is 0. The first-order valence-electron chi connectivity index (χ1n) is 5.84. The first-order valence-corrected chi connectivity index (χ1v) is 5.84. The van der Waals surface area contributed by atoms with Gasteiger partial charge in [-0.05, 0) is 29.8 Å². The summed E-state index contributed by atoms with van der Waals surface area (Å²) >= 11 is 0. The van der Waals surface area contributed by atoms with Crippen molar-refractivity contribution in [2.45, 2.75) is 6.04 Å². The van der Waals surface area contributed by atoms with Gasteiger partial charge < -0.3 is 10.2 Å². The Morgan fingerprint density at radius 2 is 1.74 bits per heavy atom. The van der Waals surface area contributed by atoms with Crippen molar-refractivity contribution in [2.24, 2.45) is 5.73 Å². The minimum absolute atomic E-state index is 0.470. The van der Waals surface area contributed by atoms with Crippen LogP contribution in [0.15, 0.2) is 52.9 Å². The summed E-state index contributed by atoms with van der Waals surface area (Å²) in [5.74, 6) is -1.28. The van der Waals surface area contributed by atoms with Gasteiger partial charge in [0, 0.05) is 5.39 Å². The molecular formula is C15H11F2NO. The number of benzene rings is 2. The molecular weight excluding hydrogens is 248 g/mol. The van der Waals surface area contributed by atoms with E-state index >= 15 is 0 Å². The largest absolute Gasteiger partial charge is 0.459 e. The van der Waals surface area contributed by atoms with E-state index in [-0.39, 0.29) is 0 Å². The molecule has 0 bridgehead atoms. The summed E-state index contributed by atoms with van der Waals surface area (Å²) in [4.78, 5) is 0. The maximum absolute atomic E-state index is 13.2. The Bertz CT molecular complexity index is 703. The van der Waals surface area contributed by atoms with Crippen LogP contribution in [0.4, 0.5) is 8.78 Å². The summed E-state index contributed by atoms with van der Waals surface area (Å²) in [5.41, 5.74) is 7.20. The fraction of sp³-hybridized carbons (Fsp3) is 0.0667. The van der Waals surface area contributed by atoms with Gasteiger partial charge >= 0.3 is 0 Å². The zero-order valence-corrected chi connectivity index (χ0v) is 9.94. The Balaban J connectivity index is 2.02. The number of hydrogen-bond donors (Lipinski definition) is 1. The van der Waals surface area contributed by atoms with Crippen LogP contribution in [0, 0.1) is 11.6 Å². The van der Waals surface area contributed by atoms with E-state index in [9.17, 15) is 8.78 Å². The molecule has 19 heavy (non-hydrogen) atoms. The van der Waals surface area contributed by atoms with E-state index in [1.54, 1.807) is 6.07 Å². The Kier molecular flexibility index (Phi) is 2.80. The van der Waals surface area contributed by atoms with E-state index < -0.39 is 17.7 Å². The van der Waals surface area contributed by atoms with Crippen LogP contribution in [0.5, 0.6) is 0 Å². The summed E-state index contributed by atoms with van der Waals surface area (Å²) in [5, 5.41) is 0.926. The van der Waals surface area contributed by atoms with Gasteiger partial charge in [0.05, 0.1) is 6.04 Å². The Morgan fingerprint density at radius 1 is 0.947 bits per heavy atom. The fourth-order valence-corrected chi connectivity index (χ4v) is 2.03. The average molecular weight is 259 g/mol. The molecule has 0 aliphatic rings. The molecule has 0 radical (unpaired) electrons. The van der Waals surface area contributed by atoms with Crippen LogP contribution in [-0.4, -0.2) is 0 Å². The molecule has 2 N–H and O–H groups in total. The van der Waals surface area contributed by atoms with Gasteiger partial charge in [-0.2, -0.15) is 0 Å². The van der Waals surface area contributed by atoms with Crippen LogP contribution in [0.25, 0.3) is 11.0 Å². The maximum atomic E-state index is 13.2. The molecule has 3 aromatic rings. The van der Waals surface area contributed by atoms with Crippen molar-refractivity contribution in [3.05, 3.63) is 71.5 Å². The first-order chi connectivity index (χ1) is 9.15. The van der Waals surface area contributed by atoms with Gasteiger partial charge in [0.25, 0.3) is 0 Å². The first kappa shape index (κ1) is 11.9.